The molecule has 63 heavy (non-hydrogen) atoms. The number of allylic oxidation sites excluding steroid dienone is 2. The highest BCUT2D eigenvalue weighted by Crippen LogP contribution is 2.49. The summed E-state index contributed by atoms with van der Waals surface area (Å²) < 4.78 is 13.7. The van der Waals surface area contributed by atoms with E-state index in [1.807, 2.05) is 18.4 Å². The van der Waals surface area contributed by atoms with Crippen molar-refractivity contribution < 1.29 is 64.4 Å². The predicted molar refractivity (Wildman–Crippen MR) is 228 cm³/mol. The Balaban J connectivity index is 1.11. The van der Waals surface area contributed by atoms with Gasteiger partial charge in [0, 0.05) is 67.5 Å². The molecule has 0 bridgehead atoms. The average molecular weight is 867 g/mol. The normalized spacial score (nSPS) is 27.4. The number of nitrogens with zero attached hydrogens (tertiary/aromatic N) is 1. The molecule has 1 aromatic heterocycles. The summed E-state index contributed by atoms with van der Waals surface area (Å²) >= 11 is 0. The van der Waals surface area contributed by atoms with Gasteiger partial charge in [-0.3, -0.25) is 19.5 Å². The van der Waals surface area contributed by atoms with Crippen molar-refractivity contribution in [1.29, 1.82) is 0 Å². The van der Waals surface area contributed by atoms with Crippen LogP contribution in [0.25, 0.3) is 21.7 Å². The maximum Gasteiger partial charge on any atom is 0.222 e. The van der Waals surface area contributed by atoms with Crippen LogP contribution in [0.4, 0.5) is 5.69 Å². The topological polar surface area (TPSA) is 245 Å². The van der Waals surface area contributed by atoms with E-state index in [1.54, 1.807) is 19.2 Å². The van der Waals surface area contributed by atoms with Gasteiger partial charge in [0.2, 0.25) is 17.2 Å². The van der Waals surface area contributed by atoms with Gasteiger partial charge in [-0.1, -0.05) is 25.1 Å². The van der Waals surface area contributed by atoms with Crippen LogP contribution in [-0.2, 0) is 27.4 Å². The Morgan fingerprint density at radius 3 is 2.65 bits per heavy atom. The van der Waals surface area contributed by atoms with Crippen LogP contribution in [0.1, 0.15) is 49.5 Å². The zero-order chi connectivity index (χ0) is 44.4. The third kappa shape index (κ3) is 7.63. The zero-order valence-electron chi connectivity index (χ0n) is 34.9. The first-order chi connectivity index (χ1) is 30.2. The minimum atomic E-state index is -2.41. The van der Waals surface area contributed by atoms with Gasteiger partial charge in [0.05, 0.1) is 12.0 Å². The number of ether oxygens (including phenoxy) is 1. The number of quaternary nitrogens is 1. The van der Waals surface area contributed by atoms with Crippen LogP contribution >= 0.6 is 0 Å². The maximum absolute atomic E-state index is 13.7. The number of benzene rings is 3. The molecule has 10 atom stereocenters. The van der Waals surface area contributed by atoms with E-state index in [9.17, 15) is 45.3 Å². The molecule has 4 aliphatic heterocycles. The van der Waals surface area contributed by atoms with Crippen molar-refractivity contribution in [2.24, 2.45) is 16.8 Å². The van der Waals surface area contributed by atoms with E-state index in [-0.39, 0.29) is 47.1 Å². The van der Waals surface area contributed by atoms with Crippen molar-refractivity contribution >= 4 is 39.6 Å². The molecule has 5 aliphatic rings. The monoisotopic (exact) mass is 866 g/mol. The Bertz CT molecular complexity index is 2660. The molecule has 16 nitrogen and oxygen atoms in total. The minimum Gasteiger partial charge on any atom is -0.508 e. The summed E-state index contributed by atoms with van der Waals surface area (Å²) in [5.41, 5.74) is 0.135. The van der Waals surface area contributed by atoms with Crippen LogP contribution in [-0.4, -0.2) is 109 Å². The van der Waals surface area contributed by atoms with E-state index in [1.165, 1.54) is 36.4 Å². The van der Waals surface area contributed by atoms with Crippen molar-refractivity contribution in [1.82, 2.24) is 5.32 Å². The van der Waals surface area contributed by atoms with Crippen LogP contribution in [0.5, 0.6) is 17.2 Å². The van der Waals surface area contributed by atoms with E-state index < -0.39 is 55.3 Å². The fourth-order valence-corrected chi connectivity index (χ4v) is 10.2. The fourth-order valence-electron chi connectivity index (χ4n) is 10.2. The summed E-state index contributed by atoms with van der Waals surface area (Å²) in [6.07, 6.45) is 4.53. The molecule has 2 unspecified atom stereocenters. The van der Waals surface area contributed by atoms with Gasteiger partial charge in [0.15, 0.2) is 11.2 Å². The van der Waals surface area contributed by atoms with Gasteiger partial charge in [0.1, 0.15) is 77.4 Å². The molecule has 4 aromatic rings. The van der Waals surface area contributed by atoms with Crippen molar-refractivity contribution in [2.45, 2.75) is 94.0 Å². The minimum absolute atomic E-state index is 0.0314. The number of aryl methyl sites for hydroxylation is 1. The largest absolute Gasteiger partial charge is 0.508 e. The highest BCUT2D eigenvalue weighted by molar-refractivity contribution is 5.92. The van der Waals surface area contributed by atoms with Crippen LogP contribution in [0.3, 0.4) is 0 Å². The average Bonchev–Trinajstić information content (AvgIpc) is 4.00. The van der Waals surface area contributed by atoms with E-state index in [0.717, 1.165) is 22.6 Å². The molecule has 3 aromatic carbocycles. The van der Waals surface area contributed by atoms with Crippen molar-refractivity contribution in [3.05, 3.63) is 105 Å². The number of amides is 1. The second-order valence-corrected chi connectivity index (χ2v) is 17.6. The molecule has 0 radical (unpaired) electrons. The first-order valence-corrected chi connectivity index (χ1v) is 21.4. The molecule has 1 spiro atoms. The van der Waals surface area contributed by atoms with Gasteiger partial charge >= 0.3 is 0 Å². The van der Waals surface area contributed by atoms with Crippen LogP contribution in [0, 0.1) is 18.8 Å². The fraction of sp³-hybridized carbons (Fsp3) is 0.426. The number of hydrogen-bond donors (Lipinski definition) is 9. The van der Waals surface area contributed by atoms with Gasteiger partial charge in [-0.2, -0.15) is 0 Å². The number of aromatic hydroxyl groups is 2. The standard InChI is InChI=1S/C47H51N3O13/c1-3-35-31-10-12-48-34(31)21-50(35)41-43-27(14-33-37(54)13-24(2)61-44(33)41)15-39(47(62-43)11-4-5-25(19-47)28-16-40(56)49-20-28)63-60-23-46(59,45(58)42(57)38(55)22-51)18-26-6-9-36(53)30-8-7-29(52)17-32(26)30/h4-10,12-14,17,21,25,28,35,38-39,42,45,51-53,55,57-59H,3,11,15-16,18-20,22-23H2,1-2H3,(H,49,56)/p+1/t25-,28-,35?,38+,39+,42+,45-,46-,47+/m0/s1. The third-order valence-corrected chi connectivity index (χ3v) is 13.5. The number of nitrogens with one attached hydrogen (secondary N) is 2. The Hall–Kier alpha value is -5.43. The van der Waals surface area contributed by atoms with Crippen molar-refractivity contribution in [2.75, 3.05) is 19.8 Å². The maximum atomic E-state index is 13.7. The molecule has 5 heterocycles. The van der Waals surface area contributed by atoms with E-state index >= 15 is 0 Å². The second kappa shape index (κ2) is 16.6. The summed E-state index contributed by atoms with van der Waals surface area (Å²) in [5, 5.41) is 79.7. The lowest BCUT2D eigenvalue weighted by Crippen LogP contribution is -3.05. The Morgan fingerprint density at radius 2 is 1.89 bits per heavy atom. The SMILES string of the molecule is CCC1C2=CC=NC2=C[NH+]1c1c2c(cc3c(=O)cc(C)oc13)C[C@@H](OOC[C@@](O)(Cc1ccc(O)c3ccc(O)cc13)[C@@H](O)[C@H](O)[C@H](O)CO)[C@]1(CC=C[C@H]([C@@H]3CNC(=O)C3)C1)O2. The van der Waals surface area contributed by atoms with Crippen molar-refractivity contribution in [3.8, 4) is 17.2 Å². The van der Waals surface area contributed by atoms with E-state index in [4.69, 9.17) is 18.9 Å². The van der Waals surface area contributed by atoms with Gasteiger partial charge in [0.25, 0.3) is 0 Å². The Kier molecular flexibility index (Phi) is 11.3. The van der Waals surface area contributed by atoms with Crippen molar-refractivity contribution in [3.63, 3.8) is 0 Å². The molecule has 9 N–H and O–H groups in total. The quantitative estimate of drug-likeness (QED) is 0.0531. The molecule has 332 valence electrons. The number of hydrogen-bond acceptors (Lipinski definition) is 14. The summed E-state index contributed by atoms with van der Waals surface area (Å²) in [6.45, 7) is 2.60. The molecule has 1 fully saturated rings. The van der Waals surface area contributed by atoms with Crippen LogP contribution in [0.2, 0.25) is 0 Å². The van der Waals surface area contributed by atoms with Gasteiger partial charge in [-0.25, -0.2) is 9.78 Å². The molecular formula is C47H52N3O13+. The first kappa shape index (κ1) is 42.9. The highest BCUT2D eigenvalue weighted by atomic mass is 17.2. The number of carbonyl (C=O) groups excluding carboxylic acids is 1. The summed E-state index contributed by atoms with van der Waals surface area (Å²) in [7, 11) is 0. The number of aliphatic imine (C=N–C) groups is 1. The second-order valence-electron chi connectivity index (χ2n) is 17.6. The van der Waals surface area contributed by atoms with E-state index in [2.05, 4.69) is 23.3 Å². The van der Waals surface area contributed by atoms with Gasteiger partial charge in [-0.15, -0.1) is 0 Å². The summed E-state index contributed by atoms with van der Waals surface area (Å²) in [5.74, 6) is 0.546. The number of aliphatic hydroxyl groups excluding tert-OH is 4. The molecule has 16 heteroatoms. The molecule has 0 saturated carbocycles. The zero-order valence-corrected chi connectivity index (χ0v) is 34.9. The number of rotatable bonds is 13. The first-order valence-electron chi connectivity index (χ1n) is 21.4. The van der Waals surface area contributed by atoms with Crippen LogP contribution in [0.15, 0.2) is 92.4 Å². The predicted octanol–water partition coefficient (Wildman–Crippen LogP) is 1.97. The van der Waals surface area contributed by atoms with Crippen LogP contribution < -0.4 is 20.4 Å². The molecule has 1 aliphatic carbocycles. The smallest absolute Gasteiger partial charge is 0.222 e. The van der Waals surface area contributed by atoms with Gasteiger partial charge in [-0.05, 0) is 72.5 Å². The Labute approximate surface area is 361 Å². The highest BCUT2D eigenvalue weighted by Gasteiger charge is 2.53. The summed E-state index contributed by atoms with van der Waals surface area (Å²) in [6, 6.07) is 10.3. The Morgan fingerprint density at radius 1 is 1.06 bits per heavy atom. The third-order valence-electron chi connectivity index (χ3n) is 13.5. The summed E-state index contributed by atoms with van der Waals surface area (Å²) in [4.78, 5) is 44.0. The lowest BCUT2D eigenvalue weighted by atomic mass is 9.71. The molecule has 1 saturated heterocycles. The van der Waals surface area contributed by atoms with Gasteiger partial charge < -0.3 is 50.2 Å². The molecular weight excluding hydrogens is 815 g/mol. The number of aliphatic hydroxyl groups is 5. The van der Waals surface area contributed by atoms with E-state index in [0.29, 0.717) is 75.9 Å². The number of phenolic OH excluding ortho intramolecular Hbond substituents is 2. The number of carbonyl (C=O) groups is 1. The lowest BCUT2D eigenvalue weighted by Gasteiger charge is -2.47. The molecule has 1 amide bonds. The number of fused-ring (bicyclic) bond motifs is 4. The molecule has 9 rings (SSSR count). The number of phenols is 2. The lowest BCUT2D eigenvalue weighted by molar-refractivity contribution is -0.793.